The zero-order chi connectivity index (χ0) is 19.8. The number of aromatic nitrogens is 2. The minimum absolute atomic E-state index is 0.436. The molecule has 0 saturated carbocycles. The Hall–Kier alpha value is -2.41. The van der Waals surface area contributed by atoms with Gasteiger partial charge in [0, 0.05) is 38.1 Å². The Bertz CT molecular complexity index is 744. The molecule has 1 aromatic heterocycles. The molecule has 1 aliphatic rings. The number of likely N-dealkylation sites (tertiary alicyclic amines) is 1. The largest absolute Gasteiger partial charge is 0.357 e. The van der Waals surface area contributed by atoms with Crippen molar-refractivity contribution in [1.82, 2.24) is 25.7 Å². The molecule has 0 radical (unpaired) electrons. The maximum absolute atomic E-state index is 5.15. The van der Waals surface area contributed by atoms with E-state index in [1.165, 1.54) is 5.56 Å². The second kappa shape index (κ2) is 10.2. The van der Waals surface area contributed by atoms with Crippen LogP contribution in [0.2, 0.25) is 0 Å². The maximum atomic E-state index is 5.15. The van der Waals surface area contributed by atoms with E-state index in [0.29, 0.717) is 36.8 Å². The van der Waals surface area contributed by atoms with Crippen LogP contribution in [0.4, 0.5) is 0 Å². The molecule has 1 fully saturated rings. The predicted octanol–water partition coefficient (Wildman–Crippen LogP) is 2.53. The molecule has 1 aliphatic heterocycles. The van der Waals surface area contributed by atoms with Gasteiger partial charge in [-0.2, -0.15) is 4.98 Å². The highest BCUT2D eigenvalue weighted by Crippen LogP contribution is 2.19. The van der Waals surface area contributed by atoms with Crippen LogP contribution in [0, 0.1) is 6.92 Å². The molecular weight excluding hydrogens is 352 g/mol. The van der Waals surface area contributed by atoms with Gasteiger partial charge in [0.05, 0.1) is 6.54 Å². The van der Waals surface area contributed by atoms with E-state index in [-0.39, 0.29) is 0 Å². The molecule has 2 unspecified atom stereocenters. The summed E-state index contributed by atoms with van der Waals surface area (Å²) in [6, 6.07) is 11.7. The van der Waals surface area contributed by atoms with Crippen molar-refractivity contribution in [2.45, 2.75) is 58.7 Å². The zero-order valence-corrected chi connectivity index (χ0v) is 17.2. The summed E-state index contributed by atoms with van der Waals surface area (Å²) in [6.07, 6.45) is 2.88. The number of hydrogen-bond acceptors (Lipinski definition) is 5. The lowest BCUT2D eigenvalue weighted by Gasteiger charge is -2.38. The van der Waals surface area contributed by atoms with Gasteiger partial charge in [-0.25, -0.2) is 0 Å². The number of nitrogens with zero attached hydrogens (tertiary/aromatic N) is 4. The zero-order valence-electron chi connectivity index (χ0n) is 17.2. The van der Waals surface area contributed by atoms with Gasteiger partial charge in [-0.15, -0.1) is 0 Å². The van der Waals surface area contributed by atoms with Gasteiger partial charge in [0.2, 0.25) is 5.89 Å². The number of guanidine groups is 1. The third-order valence-corrected chi connectivity index (χ3v) is 5.09. The SMILES string of the molecule is CCNC(=NCCc1nc(C)no1)NC1CCN(Cc2ccccc2)C(C)C1. The van der Waals surface area contributed by atoms with Crippen molar-refractivity contribution in [2.24, 2.45) is 4.99 Å². The topological polar surface area (TPSA) is 78.6 Å². The van der Waals surface area contributed by atoms with Crippen molar-refractivity contribution in [1.29, 1.82) is 0 Å². The van der Waals surface area contributed by atoms with E-state index in [2.05, 4.69) is 74.8 Å². The molecule has 0 aliphatic carbocycles. The smallest absolute Gasteiger partial charge is 0.228 e. The first-order chi connectivity index (χ1) is 13.6. The Morgan fingerprint density at radius 1 is 1.32 bits per heavy atom. The number of hydrogen-bond donors (Lipinski definition) is 2. The van der Waals surface area contributed by atoms with E-state index in [4.69, 9.17) is 4.52 Å². The molecule has 0 amide bonds. The number of benzene rings is 1. The molecule has 2 atom stereocenters. The molecule has 28 heavy (non-hydrogen) atoms. The fourth-order valence-electron chi connectivity index (χ4n) is 3.62. The minimum atomic E-state index is 0.436. The lowest BCUT2D eigenvalue weighted by atomic mass is 9.97. The monoisotopic (exact) mass is 384 g/mol. The fourth-order valence-corrected chi connectivity index (χ4v) is 3.62. The van der Waals surface area contributed by atoms with E-state index in [9.17, 15) is 0 Å². The quantitative estimate of drug-likeness (QED) is 0.564. The molecular formula is C21H32N6O. The summed E-state index contributed by atoms with van der Waals surface area (Å²) >= 11 is 0. The van der Waals surface area contributed by atoms with Crippen molar-refractivity contribution in [2.75, 3.05) is 19.6 Å². The van der Waals surface area contributed by atoms with Crippen LogP contribution in [0.3, 0.4) is 0 Å². The van der Waals surface area contributed by atoms with Crippen molar-refractivity contribution in [3.8, 4) is 0 Å². The number of aliphatic imine (C=N–C) groups is 1. The summed E-state index contributed by atoms with van der Waals surface area (Å²) in [5.41, 5.74) is 1.38. The van der Waals surface area contributed by atoms with Gasteiger partial charge in [-0.3, -0.25) is 9.89 Å². The van der Waals surface area contributed by atoms with Crippen molar-refractivity contribution < 1.29 is 4.52 Å². The van der Waals surface area contributed by atoms with Gasteiger partial charge in [0.1, 0.15) is 0 Å². The normalized spacial score (nSPS) is 20.9. The standard InChI is InChI=1S/C21H32N6O/c1-4-22-21(23-12-10-20-24-17(3)26-28-20)25-19-11-13-27(16(2)14-19)15-18-8-6-5-7-9-18/h5-9,16,19H,4,10-15H2,1-3H3,(H2,22,23,25). The van der Waals surface area contributed by atoms with Crippen LogP contribution in [0.5, 0.6) is 0 Å². The summed E-state index contributed by atoms with van der Waals surface area (Å²) in [4.78, 5) is 11.5. The van der Waals surface area contributed by atoms with Crippen LogP contribution in [-0.2, 0) is 13.0 Å². The van der Waals surface area contributed by atoms with Crippen molar-refractivity contribution in [3.05, 3.63) is 47.6 Å². The molecule has 7 nitrogen and oxygen atoms in total. The van der Waals surface area contributed by atoms with Crippen molar-refractivity contribution >= 4 is 5.96 Å². The molecule has 0 bridgehead atoms. The molecule has 1 aromatic carbocycles. The van der Waals surface area contributed by atoms with Gasteiger partial charge in [-0.05, 0) is 39.2 Å². The molecule has 152 valence electrons. The molecule has 1 saturated heterocycles. The average molecular weight is 385 g/mol. The first-order valence-corrected chi connectivity index (χ1v) is 10.3. The number of rotatable bonds is 7. The van der Waals surface area contributed by atoms with E-state index in [0.717, 1.165) is 38.4 Å². The minimum Gasteiger partial charge on any atom is -0.357 e. The summed E-state index contributed by atoms with van der Waals surface area (Å²) in [5, 5.41) is 10.8. The van der Waals surface area contributed by atoms with E-state index < -0.39 is 0 Å². The Morgan fingerprint density at radius 3 is 2.82 bits per heavy atom. The Labute approximate surface area is 167 Å². The second-order valence-corrected chi connectivity index (χ2v) is 7.42. The van der Waals surface area contributed by atoms with Crippen LogP contribution in [0.15, 0.2) is 39.8 Å². The molecule has 7 heteroatoms. The third kappa shape index (κ3) is 6.05. The highest BCUT2D eigenvalue weighted by molar-refractivity contribution is 5.80. The van der Waals surface area contributed by atoms with E-state index in [1.54, 1.807) is 0 Å². The highest BCUT2D eigenvalue weighted by Gasteiger charge is 2.25. The van der Waals surface area contributed by atoms with Gasteiger partial charge in [0.15, 0.2) is 11.8 Å². The van der Waals surface area contributed by atoms with E-state index >= 15 is 0 Å². The first-order valence-electron chi connectivity index (χ1n) is 10.3. The fraction of sp³-hybridized carbons (Fsp3) is 0.571. The van der Waals surface area contributed by atoms with Gasteiger partial charge >= 0.3 is 0 Å². The first kappa shape index (κ1) is 20.3. The van der Waals surface area contributed by atoms with Crippen LogP contribution < -0.4 is 10.6 Å². The molecule has 2 aromatic rings. The lowest BCUT2D eigenvalue weighted by Crippen LogP contribution is -2.51. The molecule has 3 rings (SSSR count). The Morgan fingerprint density at radius 2 is 2.14 bits per heavy atom. The average Bonchev–Trinajstić information content (AvgIpc) is 3.10. The summed E-state index contributed by atoms with van der Waals surface area (Å²) in [6.45, 7) is 9.81. The Kier molecular flexibility index (Phi) is 7.42. The van der Waals surface area contributed by atoms with Crippen molar-refractivity contribution in [3.63, 3.8) is 0 Å². The molecule has 0 spiro atoms. The van der Waals surface area contributed by atoms with Gasteiger partial charge in [0.25, 0.3) is 0 Å². The van der Waals surface area contributed by atoms with Gasteiger partial charge < -0.3 is 15.2 Å². The van der Waals surface area contributed by atoms with Crippen LogP contribution >= 0.6 is 0 Å². The predicted molar refractivity (Wildman–Crippen MR) is 111 cm³/mol. The number of aryl methyl sites for hydroxylation is 1. The maximum Gasteiger partial charge on any atom is 0.228 e. The second-order valence-electron chi connectivity index (χ2n) is 7.42. The number of piperidine rings is 1. The summed E-state index contributed by atoms with van der Waals surface area (Å²) in [7, 11) is 0. The summed E-state index contributed by atoms with van der Waals surface area (Å²) in [5.74, 6) is 2.17. The Balaban J connectivity index is 1.49. The highest BCUT2D eigenvalue weighted by atomic mass is 16.5. The van der Waals surface area contributed by atoms with Gasteiger partial charge in [-0.1, -0.05) is 35.5 Å². The molecule has 2 N–H and O–H groups in total. The van der Waals surface area contributed by atoms with Crippen LogP contribution in [0.1, 0.15) is 44.0 Å². The van der Waals surface area contributed by atoms with Crippen LogP contribution in [0.25, 0.3) is 0 Å². The number of nitrogens with one attached hydrogen (secondary N) is 2. The molecule has 2 heterocycles. The lowest BCUT2D eigenvalue weighted by molar-refractivity contribution is 0.134. The van der Waals surface area contributed by atoms with Crippen LogP contribution in [-0.4, -0.2) is 52.7 Å². The summed E-state index contributed by atoms with van der Waals surface area (Å²) < 4.78 is 5.15. The van der Waals surface area contributed by atoms with E-state index in [1.807, 2.05) is 6.92 Å². The third-order valence-electron chi connectivity index (χ3n) is 5.09.